The summed E-state index contributed by atoms with van der Waals surface area (Å²) in [5.41, 5.74) is 11.0. The van der Waals surface area contributed by atoms with Crippen LogP contribution in [0.2, 0.25) is 0 Å². The molecule has 0 aliphatic heterocycles. The molecular weight excluding hydrogens is 931 g/mol. The maximum atomic E-state index is 4.45. The van der Waals surface area contributed by atoms with E-state index in [9.17, 15) is 0 Å². The Morgan fingerprint density at radius 3 is 1.21 bits per heavy atom. The van der Waals surface area contributed by atoms with E-state index in [2.05, 4.69) is 191 Å². The minimum absolute atomic E-state index is 0. The van der Waals surface area contributed by atoms with Crippen LogP contribution in [-0.2, 0) is 27.1 Å². The molecule has 0 aliphatic rings. The molecule has 1 aromatic carbocycles. The van der Waals surface area contributed by atoms with Gasteiger partial charge in [-0.25, -0.2) is 24.9 Å². The number of aromatic nitrogens is 9. The number of nitrogens with one attached hydrogen (secondary N) is 2. The van der Waals surface area contributed by atoms with E-state index < -0.39 is 0 Å². The Bertz CT molecular complexity index is 2370. The summed E-state index contributed by atoms with van der Waals surface area (Å²) in [6.07, 6.45) is 18.4. The molecule has 7 heterocycles. The van der Waals surface area contributed by atoms with Gasteiger partial charge in [0.1, 0.15) is 12.0 Å². The zero-order chi connectivity index (χ0) is 54.4. The number of hydrogen-bond acceptors (Lipinski definition) is 7. The van der Waals surface area contributed by atoms with E-state index in [1.165, 1.54) is 38.6 Å². The molecule has 2 N–H and O–H groups in total. The van der Waals surface area contributed by atoms with Gasteiger partial charge in [-0.1, -0.05) is 242 Å². The van der Waals surface area contributed by atoms with E-state index in [-0.39, 0.29) is 71.6 Å². The van der Waals surface area contributed by atoms with Gasteiger partial charge in [-0.3, -0.25) is 9.97 Å². The number of imidazole rings is 1. The molecule has 0 saturated carbocycles. The van der Waals surface area contributed by atoms with Gasteiger partial charge in [0.05, 0.1) is 17.4 Å². The minimum atomic E-state index is 0. The predicted molar refractivity (Wildman–Crippen MR) is 349 cm³/mol. The molecular formula is C67H121N9. The van der Waals surface area contributed by atoms with E-state index in [1.54, 1.807) is 18.9 Å². The van der Waals surface area contributed by atoms with Crippen molar-refractivity contribution in [1.29, 1.82) is 0 Å². The Morgan fingerprint density at radius 1 is 0.355 bits per heavy atom. The fourth-order valence-electron chi connectivity index (χ4n) is 5.56. The van der Waals surface area contributed by atoms with Crippen LogP contribution in [0.15, 0.2) is 123 Å². The molecule has 0 unspecified atom stereocenters. The van der Waals surface area contributed by atoms with Gasteiger partial charge in [-0.15, -0.1) is 0 Å². The quantitative estimate of drug-likeness (QED) is 0.155. The molecule has 9 heteroatoms. The van der Waals surface area contributed by atoms with Gasteiger partial charge in [0, 0.05) is 60.3 Å². The number of rotatable bonds is 0. The van der Waals surface area contributed by atoms with E-state index in [0.29, 0.717) is 0 Å². The molecule has 0 radical (unpaired) electrons. The first kappa shape index (κ1) is 86.9. The fraction of sp³-hybridized carbons (Fsp3) is 0.537. The molecule has 8 aromatic rings. The molecule has 0 spiro atoms. The smallest absolute Gasteiger partial charge is 0.177 e. The molecule has 0 amide bonds. The Labute approximate surface area is 471 Å². The Morgan fingerprint density at radius 2 is 0.776 bits per heavy atom. The van der Waals surface area contributed by atoms with Crippen molar-refractivity contribution in [3.8, 4) is 0 Å². The molecule has 0 aliphatic carbocycles. The number of benzene rings is 1. The molecule has 0 bridgehead atoms. The summed E-state index contributed by atoms with van der Waals surface area (Å²) in [5.74, 6) is 0. The van der Waals surface area contributed by atoms with Gasteiger partial charge in [-0.05, 0) is 91.3 Å². The molecule has 9 nitrogen and oxygen atoms in total. The van der Waals surface area contributed by atoms with Crippen LogP contribution < -0.4 is 0 Å². The van der Waals surface area contributed by atoms with Gasteiger partial charge < -0.3 is 9.97 Å². The van der Waals surface area contributed by atoms with E-state index in [1.807, 2.05) is 131 Å². The van der Waals surface area contributed by atoms with Crippen LogP contribution in [0.4, 0.5) is 0 Å². The summed E-state index contributed by atoms with van der Waals surface area (Å²) < 4.78 is 0. The van der Waals surface area contributed by atoms with Crippen molar-refractivity contribution in [2.45, 2.75) is 245 Å². The minimum Gasteiger partial charge on any atom is -0.346 e. The van der Waals surface area contributed by atoms with Crippen molar-refractivity contribution in [1.82, 2.24) is 44.9 Å². The van der Waals surface area contributed by atoms with Crippen LogP contribution in [0.3, 0.4) is 0 Å². The van der Waals surface area contributed by atoms with E-state index in [4.69, 9.17) is 0 Å². The molecule has 7 aromatic heterocycles. The number of H-pyrrole nitrogens is 2. The number of para-hydroxylation sites is 1. The third-order valence-electron chi connectivity index (χ3n) is 9.82. The van der Waals surface area contributed by atoms with Crippen LogP contribution in [0.1, 0.15) is 245 Å². The predicted octanol–water partition coefficient (Wildman–Crippen LogP) is 21.7. The zero-order valence-corrected chi connectivity index (χ0v) is 48.7. The summed E-state index contributed by atoms with van der Waals surface area (Å²) >= 11 is 0. The monoisotopic (exact) mass is 1050 g/mol. The fourth-order valence-corrected chi connectivity index (χ4v) is 5.56. The molecule has 76 heavy (non-hydrogen) atoms. The number of pyridine rings is 4. The highest BCUT2D eigenvalue weighted by molar-refractivity contribution is 5.79. The van der Waals surface area contributed by atoms with Crippen molar-refractivity contribution in [3.63, 3.8) is 0 Å². The molecule has 8 rings (SSSR count). The van der Waals surface area contributed by atoms with Crippen LogP contribution in [0.5, 0.6) is 0 Å². The van der Waals surface area contributed by atoms with E-state index >= 15 is 0 Å². The topological polar surface area (TPSA) is 122 Å². The Hall–Kier alpha value is -5.83. The lowest BCUT2D eigenvalue weighted by atomic mass is 9.88. The van der Waals surface area contributed by atoms with Crippen LogP contribution in [-0.4, -0.2) is 44.9 Å². The summed E-state index contributed by atoms with van der Waals surface area (Å²) in [7, 11) is 0. The largest absolute Gasteiger partial charge is 0.346 e. The Kier molecular flexibility index (Phi) is 49.5. The van der Waals surface area contributed by atoms with E-state index in [0.717, 1.165) is 22.3 Å². The highest BCUT2D eigenvalue weighted by Crippen LogP contribution is 2.26. The summed E-state index contributed by atoms with van der Waals surface area (Å²) in [4.78, 5) is 35.2. The second kappa shape index (κ2) is 43.3. The van der Waals surface area contributed by atoms with Crippen molar-refractivity contribution >= 4 is 33.1 Å². The Balaban J connectivity index is -0.000000120. The number of aromatic amines is 2. The molecule has 0 fully saturated rings. The molecule has 434 valence electrons. The normalized spacial score (nSPS) is 9.80. The first-order valence-electron chi connectivity index (χ1n) is 25.7. The summed E-state index contributed by atoms with van der Waals surface area (Å²) in [6, 6.07) is 20.9. The van der Waals surface area contributed by atoms with Gasteiger partial charge in [0.25, 0.3) is 0 Å². The van der Waals surface area contributed by atoms with Crippen molar-refractivity contribution < 1.29 is 0 Å². The average Bonchev–Trinajstić information content (AvgIpc) is 4.05. The lowest BCUT2D eigenvalue weighted by Gasteiger charge is -2.18. The molecule has 0 atom stereocenters. The van der Waals surface area contributed by atoms with Crippen LogP contribution >= 0.6 is 0 Å². The average molecular weight is 1050 g/mol. The van der Waals surface area contributed by atoms with Crippen molar-refractivity contribution in [2.24, 2.45) is 0 Å². The molecule has 0 saturated heterocycles. The third-order valence-corrected chi connectivity index (χ3v) is 9.82. The van der Waals surface area contributed by atoms with Gasteiger partial charge in [0.15, 0.2) is 5.65 Å². The lowest BCUT2D eigenvalue weighted by Crippen LogP contribution is -2.11. The summed E-state index contributed by atoms with van der Waals surface area (Å²) in [6.45, 7) is 52.7. The summed E-state index contributed by atoms with van der Waals surface area (Å²) in [5, 5.41) is 2.41. The van der Waals surface area contributed by atoms with Crippen LogP contribution in [0, 0.1) is 0 Å². The maximum Gasteiger partial charge on any atom is 0.177 e. The highest BCUT2D eigenvalue weighted by Gasteiger charge is 2.17. The first-order valence-corrected chi connectivity index (χ1v) is 25.7. The van der Waals surface area contributed by atoms with Gasteiger partial charge in [0.2, 0.25) is 0 Å². The SMILES string of the molecule is C.C.C.C.C.C.CC.CC.CC.CC.CC.CC(C)(C)c1cccnc1.CC(C)(C)c1cnc2[nH]ccc2c1.CC(C)(C)c1cnc2ccccc2c1.CC(C)(C)c1cnc2nc[nH]c2c1.CC(C)(C)c1cncnc1. The van der Waals surface area contributed by atoms with Gasteiger partial charge >= 0.3 is 0 Å². The standard InChI is InChI=1S/C13H15N.C11H14N2.C10H13N3.C9H13N.C8H12N2.5C2H6.6CH4/c1-13(2,3)11-8-10-6-4-5-7-12(10)14-9-11;1-11(2,3)9-6-8-4-5-12-10(8)13-7-9;1-10(2,3)7-4-8-9(11-5-7)13-6-12-8;1-9(2,3)8-5-4-6-10-7-8;1-8(2,3)7-4-9-6-10-5-7;5*1-2;;;;;;/h4-9H,1-3H3;4-7H,1-3H3,(H,12,13);4-6H,1-3H3,(H,11,12,13);4-7H,1-3H3;4-6H,1-3H3;5*1-2H3;6*1H4. The highest BCUT2D eigenvalue weighted by atomic mass is 14.9. The number of fused-ring (bicyclic) bond motifs is 3. The number of nitrogens with zero attached hydrogens (tertiary/aromatic N) is 7. The van der Waals surface area contributed by atoms with Crippen molar-refractivity contribution in [3.05, 3.63) is 151 Å². The second-order valence-electron chi connectivity index (χ2n) is 20.2. The number of hydrogen-bond donors (Lipinski definition) is 2. The van der Waals surface area contributed by atoms with Crippen LogP contribution in [0.25, 0.3) is 33.1 Å². The second-order valence-corrected chi connectivity index (χ2v) is 20.2. The van der Waals surface area contributed by atoms with Gasteiger partial charge in [-0.2, -0.15) is 0 Å². The zero-order valence-electron chi connectivity index (χ0n) is 48.7. The van der Waals surface area contributed by atoms with Crippen molar-refractivity contribution in [2.75, 3.05) is 0 Å². The maximum absolute atomic E-state index is 4.45. The lowest BCUT2D eigenvalue weighted by molar-refractivity contribution is 0.584. The first-order chi connectivity index (χ1) is 32.9. The third kappa shape index (κ3) is 31.9.